The fourth-order valence-electron chi connectivity index (χ4n) is 4.31. The van der Waals surface area contributed by atoms with Crippen LogP contribution in [-0.2, 0) is 0 Å². The van der Waals surface area contributed by atoms with Crippen LogP contribution >= 0.6 is 0 Å². The Hall–Kier alpha value is -3.49. The van der Waals surface area contributed by atoms with E-state index in [0.717, 1.165) is 47.9 Å². The van der Waals surface area contributed by atoms with E-state index >= 15 is 0 Å². The molecule has 0 spiro atoms. The van der Waals surface area contributed by atoms with Crippen molar-refractivity contribution in [2.75, 3.05) is 33.4 Å². The highest BCUT2D eigenvalue weighted by Gasteiger charge is 2.18. The van der Waals surface area contributed by atoms with Crippen molar-refractivity contribution in [2.45, 2.75) is 25.9 Å². The van der Waals surface area contributed by atoms with E-state index in [1.807, 2.05) is 43.3 Å². The minimum absolute atomic E-state index is 0.246. The summed E-state index contributed by atoms with van der Waals surface area (Å²) in [7, 11) is 1.62. The molecular weight excluding hydrogens is 432 g/mol. The maximum atomic E-state index is 9.87. The molecule has 34 heavy (non-hydrogen) atoms. The Morgan fingerprint density at radius 1 is 1.06 bits per heavy atom. The van der Waals surface area contributed by atoms with Gasteiger partial charge in [0.25, 0.3) is 0 Å². The van der Waals surface area contributed by atoms with Crippen molar-refractivity contribution in [1.82, 2.24) is 19.9 Å². The zero-order valence-electron chi connectivity index (χ0n) is 19.4. The first kappa shape index (κ1) is 22.3. The summed E-state index contributed by atoms with van der Waals surface area (Å²) in [5, 5.41) is 11.6. The molecule has 4 heterocycles. The fraction of sp³-hybridized carbons (Fsp3) is 0.346. The maximum absolute atomic E-state index is 9.87. The molecule has 0 bridgehead atoms. The van der Waals surface area contributed by atoms with Crippen molar-refractivity contribution < 1.29 is 19.3 Å². The summed E-state index contributed by atoms with van der Waals surface area (Å²) < 4.78 is 18.0. The van der Waals surface area contributed by atoms with Gasteiger partial charge in [0, 0.05) is 42.3 Å². The van der Waals surface area contributed by atoms with Crippen molar-refractivity contribution in [2.24, 2.45) is 0 Å². The first-order valence-corrected chi connectivity index (χ1v) is 11.5. The molecule has 8 heteroatoms. The first-order chi connectivity index (χ1) is 16.6. The van der Waals surface area contributed by atoms with Gasteiger partial charge in [-0.25, -0.2) is 9.97 Å². The van der Waals surface area contributed by atoms with Crippen LogP contribution in [0.15, 0.2) is 48.8 Å². The quantitative estimate of drug-likeness (QED) is 0.441. The summed E-state index contributed by atoms with van der Waals surface area (Å²) in [5.74, 6) is 2.56. The molecule has 1 aliphatic rings. The van der Waals surface area contributed by atoms with E-state index in [1.54, 1.807) is 19.5 Å². The zero-order valence-corrected chi connectivity index (χ0v) is 19.4. The molecule has 5 rings (SSSR count). The zero-order chi connectivity index (χ0) is 23.5. The highest BCUT2D eigenvalue weighted by atomic mass is 16.5. The number of aliphatic hydroxyl groups excluding tert-OH is 1. The van der Waals surface area contributed by atoms with Gasteiger partial charge in [0.15, 0.2) is 17.1 Å². The number of pyridine rings is 3. The molecule has 0 aliphatic carbocycles. The summed E-state index contributed by atoms with van der Waals surface area (Å²) >= 11 is 0. The number of benzene rings is 1. The number of fused-ring (bicyclic) bond motifs is 2. The van der Waals surface area contributed by atoms with Crippen LogP contribution < -0.4 is 14.2 Å². The van der Waals surface area contributed by atoms with Gasteiger partial charge in [0.2, 0.25) is 0 Å². The molecule has 1 fully saturated rings. The van der Waals surface area contributed by atoms with Gasteiger partial charge in [-0.2, -0.15) is 0 Å². The van der Waals surface area contributed by atoms with Crippen molar-refractivity contribution in [1.29, 1.82) is 0 Å². The Morgan fingerprint density at radius 3 is 2.82 bits per heavy atom. The van der Waals surface area contributed by atoms with Crippen LogP contribution in [0.2, 0.25) is 0 Å². The van der Waals surface area contributed by atoms with Gasteiger partial charge in [0.1, 0.15) is 18.1 Å². The number of ether oxygens (including phenoxy) is 3. The molecule has 0 saturated carbocycles. The first-order valence-electron chi connectivity index (χ1n) is 11.5. The van der Waals surface area contributed by atoms with Crippen molar-refractivity contribution in [3.8, 4) is 23.0 Å². The summed E-state index contributed by atoms with van der Waals surface area (Å²) in [6.07, 6.45) is 5.08. The molecule has 176 valence electrons. The third kappa shape index (κ3) is 4.73. The van der Waals surface area contributed by atoms with Crippen LogP contribution in [0.25, 0.3) is 21.9 Å². The Bertz CT molecular complexity index is 1310. The predicted molar refractivity (Wildman–Crippen MR) is 130 cm³/mol. The Morgan fingerprint density at radius 2 is 1.97 bits per heavy atom. The monoisotopic (exact) mass is 460 g/mol. The second kappa shape index (κ2) is 9.79. The molecule has 1 atom stereocenters. The molecule has 1 aromatic carbocycles. The number of aliphatic hydroxyl groups is 1. The Balaban J connectivity index is 1.38. The van der Waals surface area contributed by atoms with E-state index in [-0.39, 0.29) is 6.10 Å². The summed E-state index contributed by atoms with van der Waals surface area (Å²) in [5.41, 5.74) is 2.19. The third-order valence-electron chi connectivity index (χ3n) is 6.09. The fourth-order valence-corrected chi connectivity index (χ4v) is 4.31. The number of aryl methyl sites for hydroxylation is 1. The van der Waals surface area contributed by atoms with Crippen molar-refractivity contribution in [3.05, 3.63) is 54.5 Å². The number of β-amino-alcohol motifs (C(OH)–C–C–N with tert-alkyl or cyclic N) is 1. The van der Waals surface area contributed by atoms with Crippen LogP contribution in [0.3, 0.4) is 0 Å². The van der Waals surface area contributed by atoms with Gasteiger partial charge < -0.3 is 19.3 Å². The molecule has 1 saturated heterocycles. The van der Waals surface area contributed by atoms with E-state index in [2.05, 4.69) is 19.9 Å². The molecule has 1 aliphatic heterocycles. The van der Waals surface area contributed by atoms with Gasteiger partial charge in [-0.05, 0) is 56.6 Å². The van der Waals surface area contributed by atoms with Crippen LogP contribution in [0, 0.1) is 6.92 Å². The average Bonchev–Trinajstić information content (AvgIpc) is 2.84. The maximum Gasteiger partial charge on any atom is 0.163 e. The van der Waals surface area contributed by atoms with Crippen LogP contribution in [0.5, 0.6) is 23.0 Å². The second-order valence-electron chi connectivity index (χ2n) is 8.50. The number of hydrogen-bond donors (Lipinski definition) is 1. The lowest BCUT2D eigenvalue weighted by molar-refractivity contribution is 0.0631. The lowest BCUT2D eigenvalue weighted by Crippen LogP contribution is -2.40. The van der Waals surface area contributed by atoms with Crippen molar-refractivity contribution in [3.63, 3.8) is 0 Å². The standard InChI is InChI=1S/C26H28N4O4/c1-17-23(13-18-5-3-8-28-26(18)29-17)34-22-7-9-27-21-15-25(24(32-2)14-20(21)22)33-12-11-30-10-4-6-19(31)16-30/h3,5,7-9,13-15,19,31H,4,6,10-12,16H2,1-2H3. The number of nitrogens with zero attached hydrogens (tertiary/aromatic N) is 4. The molecule has 0 amide bonds. The lowest BCUT2D eigenvalue weighted by atomic mass is 10.1. The smallest absolute Gasteiger partial charge is 0.163 e. The van der Waals surface area contributed by atoms with E-state index in [9.17, 15) is 5.11 Å². The molecule has 4 aromatic rings. The van der Waals surface area contributed by atoms with E-state index in [1.165, 1.54) is 0 Å². The summed E-state index contributed by atoms with van der Waals surface area (Å²) in [6.45, 7) is 4.83. The second-order valence-corrected chi connectivity index (χ2v) is 8.50. The van der Waals surface area contributed by atoms with E-state index in [4.69, 9.17) is 14.2 Å². The van der Waals surface area contributed by atoms with Gasteiger partial charge in [-0.15, -0.1) is 0 Å². The van der Waals surface area contributed by atoms with Crippen LogP contribution in [0.1, 0.15) is 18.5 Å². The van der Waals surface area contributed by atoms with Crippen LogP contribution in [-0.4, -0.2) is 64.4 Å². The number of rotatable bonds is 7. The third-order valence-corrected chi connectivity index (χ3v) is 6.09. The number of piperidine rings is 1. The number of likely N-dealkylation sites (tertiary alicyclic amines) is 1. The molecular formula is C26H28N4O4. The van der Waals surface area contributed by atoms with Gasteiger partial charge in [-0.1, -0.05) is 0 Å². The van der Waals surface area contributed by atoms with E-state index < -0.39 is 0 Å². The minimum Gasteiger partial charge on any atom is -0.493 e. The molecule has 3 aromatic heterocycles. The summed E-state index contributed by atoms with van der Waals surface area (Å²) in [6, 6.07) is 11.4. The molecule has 0 radical (unpaired) electrons. The Labute approximate surface area is 198 Å². The highest BCUT2D eigenvalue weighted by Crippen LogP contribution is 2.38. The minimum atomic E-state index is -0.246. The van der Waals surface area contributed by atoms with Gasteiger partial charge in [0.05, 0.1) is 24.4 Å². The molecule has 1 N–H and O–H groups in total. The van der Waals surface area contributed by atoms with Crippen LogP contribution in [0.4, 0.5) is 0 Å². The Kier molecular flexibility index (Phi) is 6.42. The SMILES string of the molecule is COc1cc2c(Oc3cc4cccnc4nc3C)ccnc2cc1OCCN1CCCC(O)C1. The molecule has 1 unspecified atom stereocenters. The number of hydrogen-bond acceptors (Lipinski definition) is 8. The van der Waals surface area contributed by atoms with Crippen molar-refractivity contribution >= 4 is 21.9 Å². The number of aromatic nitrogens is 3. The lowest BCUT2D eigenvalue weighted by Gasteiger charge is -2.29. The highest BCUT2D eigenvalue weighted by molar-refractivity contribution is 5.88. The van der Waals surface area contributed by atoms with Gasteiger partial charge in [-0.3, -0.25) is 9.88 Å². The van der Waals surface area contributed by atoms with E-state index in [0.29, 0.717) is 41.8 Å². The average molecular weight is 461 g/mol. The predicted octanol–water partition coefficient (Wildman–Crippen LogP) is 4.12. The van der Waals surface area contributed by atoms with Gasteiger partial charge >= 0.3 is 0 Å². The topological polar surface area (TPSA) is 89.8 Å². The number of methoxy groups -OCH3 is 1. The largest absolute Gasteiger partial charge is 0.493 e. The molecule has 8 nitrogen and oxygen atoms in total. The normalized spacial score (nSPS) is 16.6. The summed E-state index contributed by atoms with van der Waals surface area (Å²) in [4.78, 5) is 15.6.